The highest BCUT2D eigenvalue weighted by atomic mass is 16.2. The minimum absolute atomic E-state index is 0.173. The summed E-state index contributed by atoms with van der Waals surface area (Å²) in [4.78, 5) is 30.1. The number of benzene rings is 2. The van der Waals surface area contributed by atoms with Crippen LogP contribution < -0.4 is 10.6 Å². The van der Waals surface area contributed by atoms with Crippen molar-refractivity contribution in [1.29, 1.82) is 0 Å². The molecular weight excluding hydrogens is 414 g/mol. The van der Waals surface area contributed by atoms with Gasteiger partial charge in [-0.3, -0.25) is 9.59 Å². The third-order valence-corrected chi connectivity index (χ3v) is 5.30. The third kappa shape index (κ3) is 4.98. The molecule has 2 aromatic carbocycles. The predicted molar refractivity (Wildman–Crippen MR) is 128 cm³/mol. The van der Waals surface area contributed by atoms with E-state index in [1.807, 2.05) is 57.2 Å². The van der Waals surface area contributed by atoms with Crippen molar-refractivity contribution in [3.63, 3.8) is 0 Å². The van der Waals surface area contributed by atoms with Crippen molar-refractivity contribution in [2.24, 2.45) is 0 Å². The van der Waals surface area contributed by atoms with E-state index in [4.69, 9.17) is 0 Å². The van der Waals surface area contributed by atoms with Crippen molar-refractivity contribution in [3.8, 4) is 5.82 Å². The van der Waals surface area contributed by atoms with E-state index in [2.05, 4.69) is 20.7 Å². The van der Waals surface area contributed by atoms with Gasteiger partial charge in [0.1, 0.15) is 0 Å². The van der Waals surface area contributed by atoms with Gasteiger partial charge in [-0.1, -0.05) is 42.5 Å². The molecule has 0 saturated carbocycles. The Labute approximate surface area is 192 Å². The lowest BCUT2D eigenvalue weighted by molar-refractivity contribution is 0.0940. The summed E-state index contributed by atoms with van der Waals surface area (Å²) in [6.45, 7) is 5.78. The highest BCUT2D eigenvalue weighted by Crippen LogP contribution is 2.19. The average Bonchev–Trinajstić information content (AvgIpc) is 3.17. The largest absolute Gasteiger partial charge is 0.345 e. The van der Waals surface area contributed by atoms with Crippen molar-refractivity contribution in [3.05, 3.63) is 107 Å². The second-order valence-corrected chi connectivity index (χ2v) is 7.85. The Balaban J connectivity index is 1.49. The van der Waals surface area contributed by atoms with Crippen molar-refractivity contribution >= 4 is 17.5 Å². The minimum atomic E-state index is -0.348. The number of hydrogen-bond donors (Lipinski definition) is 2. The molecule has 0 spiro atoms. The zero-order chi connectivity index (χ0) is 23.4. The molecule has 0 fully saturated rings. The monoisotopic (exact) mass is 439 g/mol. The Hall–Kier alpha value is -4.26. The van der Waals surface area contributed by atoms with Crippen LogP contribution >= 0.6 is 0 Å². The summed E-state index contributed by atoms with van der Waals surface area (Å²) < 4.78 is 1.73. The SMILES string of the molecule is Cc1cc(C)n(-c2ccc(C(=O)Nc3ccccc3C(=O)NC(C)c3ccccc3)cn2)n1. The molecule has 33 heavy (non-hydrogen) atoms. The first-order valence-corrected chi connectivity index (χ1v) is 10.7. The number of anilines is 1. The first-order valence-electron chi connectivity index (χ1n) is 10.7. The number of para-hydroxylation sites is 1. The van der Waals surface area contributed by atoms with E-state index in [0.29, 0.717) is 22.6 Å². The van der Waals surface area contributed by atoms with Gasteiger partial charge in [0, 0.05) is 11.9 Å². The highest BCUT2D eigenvalue weighted by Gasteiger charge is 2.17. The quantitative estimate of drug-likeness (QED) is 0.459. The maximum atomic E-state index is 12.9. The van der Waals surface area contributed by atoms with Crippen LogP contribution in [0.25, 0.3) is 5.82 Å². The first kappa shape index (κ1) is 22.0. The number of rotatable bonds is 6. The van der Waals surface area contributed by atoms with Crippen LogP contribution in [-0.4, -0.2) is 26.6 Å². The lowest BCUT2D eigenvalue weighted by Crippen LogP contribution is -2.28. The number of nitrogens with zero attached hydrogens (tertiary/aromatic N) is 3. The Bertz CT molecular complexity index is 1280. The van der Waals surface area contributed by atoms with Crippen LogP contribution in [0.2, 0.25) is 0 Å². The van der Waals surface area contributed by atoms with Crippen LogP contribution in [-0.2, 0) is 0 Å². The standard InChI is InChI=1S/C26H25N5O2/c1-17-15-18(2)31(30-17)24-14-13-21(16-27-24)25(32)29-23-12-8-7-11-22(23)26(33)28-19(3)20-9-5-4-6-10-20/h4-16,19H,1-3H3,(H,28,33)(H,29,32). The predicted octanol–water partition coefficient (Wildman–Crippen LogP) is 4.63. The molecule has 0 aliphatic rings. The molecule has 2 heterocycles. The summed E-state index contributed by atoms with van der Waals surface area (Å²) in [6, 6.07) is 21.9. The third-order valence-electron chi connectivity index (χ3n) is 5.30. The van der Waals surface area contributed by atoms with Gasteiger partial charge in [-0.2, -0.15) is 5.10 Å². The number of aromatic nitrogens is 3. The van der Waals surface area contributed by atoms with Crippen LogP contribution in [0.4, 0.5) is 5.69 Å². The van der Waals surface area contributed by atoms with E-state index >= 15 is 0 Å². The lowest BCUT2D eigenvalue weighted by Gasteiger charge is -2.16. The van der Waals surface area contributed by atoms with Crippen LogP contribution in [0.1, 0.15) is 50.6 Å². The molecule has 1 unspecified atom stereocenters. The fraction of sp³-hybridized carbons (Fsp3) is 0.154. The van der Waals surface area contributed by atoms with Crippen molar-refractivity contribution in [2.45, 2.75) is 26.8 Å². The summed E-state index contributed by atoms with van der Waals surface area (Å²) in [7, 11) is 0. The molecule has 0 aliphatic carbocycles. The van der Waals surface area contributed by atoms with E-state index in [1.54, 1.807) is 41.1 Å². The maximum absolute atomic E-state index is 12.9. The Morgan fingerprint density at radius 2 is 1.64 bits per heavy atom. The number of hydrogen-bond acceptors (Lipinski definition) is 4. The number of aryl methyl sites for hydroxylation is 2. The van der Waals surface area contributed by atoms with E-state index in [-0.39, 0.29) is 17.9 Å². The summed E-state index contributed by atoms with van der Waals surface area (Å²) in [5, 5.41) is 10.2. The number of carbonyl (C=O) groups excluding carboxylic acids is 2. The lowest BCUT2D eigenvalue weighted by atomic mass is 10.1. The van der Waals surface area contributed by atoms with E-state index < -0.39 is 0 Å². The smallest absolute Gasteiger partial charge is 0.257 e. The highest BCUT2D eigenvalue weighted by molar-refractivity contribution is 6.09. The van der Waals surface area contributed by atoms with E-state index in [1.165, 1.54) is 6.20 Å². The molecule has 2 aromatic heterocycles. The maximum Gasteiger partial charge on any atom is 0.257 e. The Morgan fingerprint density at radius 3 is 2.30 bits per heavy atom. The van der Waals surface area contributed by atoms with Crippen molar-refractivity contribution in [2.75, 3.05) is 5.32 Å². The summed E-state index contributed by atoms with van der Waals surface area (Å²) in [5.74, 6) is 0.0193. The fourth-order valence-electron chi connectivity index (χ4n) is 3.59. The fourth-order valence-corrected chi connectivity index (χ4v) is 3.59. The minimum Gasteiger partial charge on any atom is -0.345 e. The van der Waals surface area contributed by atoms with Crippen LogP contribution in [0, 0.1) is 13.8 Å². The Kier molecular flexibility index (Phi) is 6.31. The molecule has 1 atom stereocenters. The second kappa shape index (κ2) is 9.48. The average molecular weight is 440 g/mol. The first-order chi connectivity index (χ1) is 15.9. The van der Waals surface area contributed by atoms with Gasteiger partial charge in [0.05, 0.1) is 28.6 Å². The molecule has 166 valence electrons. The Morgan fingerprint density at radius 1 is 0.909 bits per heavy atom. The van der Waals surface area contributed by atoms with Gasteiger partial charge in [0.25, 0.3) is 11.8 Å². The molecule has 0 saturated heterocycles. The van der Waals surface area contributed by atoms with E-state index in [9.17, 15) is 9.59 Å². The molecular formula is C26H25N5O2. The summed E-state index contributed by atoms with van der Waals surface area (Å²) in [6.07, 6.45) is 1.50. The molecule has 4 aromatic rings. The molecule has 4 rings (SSSR count). The molecule has 2 N–H and O–H groups in total. The van der Waals surface area contributed by atoms with Gasteiger partial charge in [0.15, 0.2) is 5.82 Å². The van der Waals surface area contributed by atoms with Crippen molar-refractivity contribution < 1.29 is 9.59 Å². The van der Waals surface area contributed by atoms with Crippen LogP contribution in [0.3, 0.4) is 0 Å². The van der Waals surface area contributed by atoms with E-state index in [0.717, 1.165) is 17.0 Å². The number of amides is 2. The van der Waals surface area contributed by atoms with Gasteiger partial charge >= 0.3 is 0 Å². The number of pyridine rings is 1. The van der Waals surface area contributed by atoms with Crippen LogP contribution in [0.15, 0.2) is 79.0 Å². The van der Waals surface area contributed by atoms with Gasteiger partial charge in [0.2, 0.25) is 0 Å². The van der Waals surface area contributed by atoms with Gasteiger partial charge in [-0.05, 0) is 56.7 Å². The molecule has 0 radical (unpaired) electrons. The topological polar surface area (TPSA) is 88.9 Å². The molecule has 7 nitrogen and oxygen atoms in total. The number of carbonyl (C=O) groups is 2. The summed E-state index contributed by atoms with van der Waals surface area (Å²) >= 11 is 0. The van der Waals surface area contributed by atoms with Gasteiger partial charge < -0.3 is 10.6 Å². The van der Waals surface area contributed by atoms with Gasteiger partial charge in [-0.15, -0.1) is 0 Å². The molecule has 7 heteroatoms. The summed E-state index contributed by atoms with van der Waals surface area (Å²) in [5.41, 5.74) is 4.06. The molecule has 2 amide bonds. The van der Waals surface area contributed by atoms with Crippen LogP contribution in [0.5, 0.6) is 0 Å². The zero-order valence-electron chi connectivity index (χ0n) is 18.7. The number of nitrogens with one attached hydrogen (secondary N) is 2. The van der Waals surface area contributed by atoms with Gasteiger partial charge in [-0.25, -0.2) is 9.67 Å². The van der Waals surface area contributed by atoms with Crippen molar-refractivity contribution in [1.82, 2.24) is 20.1 Å². The normalized spacial score (nSPS) is 11.6. The molecule has 0 aliphatic heterocycles. The zero-order valence-corrected chi connectivity index (χ0v) is 18.7. The second-order valence-electron chi connectivity index (χ2n) is 7.85. The molecule has 0 bridgehead atoms.